The summed E-state index contributed by atoms with van der Waals surface area (Å²) in [5.41, 5.74) is 5.09. The number of fused-ring (bicyclic) bond motifs is 1. The van der Waals surface area contributed by atoms with Crippen molar-refractivity contribution < 1.29 is 29.0 Å². The van der Waals surface area contributed by atoms with Gasteiger partial charge in [-0.2, -0.15) is 4.79 Å². The van der Waals surface area contributed by atoms with Gasteiger partial charge in [0.15, 0.2) is 11.4 Å². The van der Waals surface area contributed by atoms with Gasteiger partial charge in [0, 0.05) is 11.0 Å². The number of allylic oxidation sites excluding steroid dienone is 3. The number of ketones is 3. The topological polar surface area (TPSA) is 117 Å². The Kier molecular flexibility index (Phi) is 6.34. The molecule has 194 valence electrons. The van der Waals surface area contributed by atoms with Crippen LogP contribution in [0.15, 0.2) is 34.6 Å². The minimum atomic E-state index is -2.00. The van der Waals surface area contributed by atoms with Gasteiger partial charge in [-0.3, -0.25) is 14.4 Å². The summed E-state index contributed by atoms with van der Waals surface area (Å²) in [5.74, 6) is -3.56. The third-order valence-electron chi connectivity index (χ3n) is 8.62. The maximum absolute atomic E-state index is 14.5. The summed E-state index contributed by atoms with van der Waals surface area (Å²) in [6.07, 6.45) is 1.13. The Bertz CT molecular complexity index is 1240. The Labute approximate surface area is 225 Å². The molecule has 0 aromatic heterocycles. The van der Waals surface area contributed by atoms with Gasteiger partial charge in [-0.25, -0.2) is 0 Å². The lowest BCUT2D eigenvalue weighted by molar-refractivity contribution is -0.203. The maximum atomic E-state index is 14.5. The van der Waals surface area contributed by atoms with E-state index in [4.69, 9.17) is 39.5 Å². The van der Waals surface area contributed by atoms with Crippen LogP contribution in [-0.4, -0.2) is 59.8 Å². The van der Waals surface area contributed by atoms with E-state index < -0.39 is 66.8 Å². The molecule has 1 heterocycles. The molecular weight excluding hydrogens is 527 g/mol. The standard InChI is InChI=1S/C26H29Cl3N2O5/c1-11-7-8-14(27)23(3,4)13(11)9-26-22(35)16-17(19(32)12(2)20(33)18(16)31-30)21(34)25(26,29)10-15(28)24(5,6)36-26/h13-15,32H,1,7-10H2,2-6H3/t13-,14+,15-,25+,26+/m1/s1. The molecule has 0 aromatic carbocycles. The van der Waals surface area contributed by atoms with Gasteiger partial charge in [0.2, 0.25) is 5.78 Å². The predicted molar refractivity (Wildman–Crippen MR) is 137 cm³/mol. The van der Waals surface area contributed by atoms with Gasteiger partial charge in [-0.15, -0.1) is 34.8 Å². The Morgan fingerprint density at radius 3 is 2.31 bits per heavy atom. The van der Waals surface area contributed by atoms with E-state index in [1.165, 1.54) is 6.92 Å². The second kappa shape index (κ2) is 8.37. The van der Waals surface area contributed by atoms with E-state index in [1.807, 2.05) is 13.8 Å². The highest BCUT2D eigenvalue weighted by atomic mass is 35.5. The van der Waals surface area contributed by atoms with Gasteiger partial charge in [0.05, 0.1) is 16.6 Å². The first kappa shape index (κ1) is 27.3. The first-order chi connectivity index (χ1) is 16.5. The number of nitrogens with zero attached hydrogens (tertiary/aromatic N) is 2. The van der Waals surface area contributed by atoms with Gasteiger partial charge in [0.25, 0.3) is 5.78 Å². The molecule has 1 aliphatic heterocycles. The van der Waals surface area contributed by atoms with Crippen LogP contribution in [0.5, 0.6) is 0 Å². The zero-order chi connectivity index (χ0) is 27.2. The van der Waals surface area contributed by atoms with E-state index in [2.05, 4.69) is 11.4 Å². The molecule has 1 saturated heterocycles. The van der Waals surface area contributed by atoms with E-state index in [1.54, 1.807) is 13.8 Å². The lowest BCUT2D eigenvalue weighted by atomic mass is 9.56. The quantitative estimate of drug-likeness (QED) is 0.169. The summed E-state index contributed by atoms with van der Waals surface area (Å²) in [4.78, 5) is 42.5. The minimum absolute atomic E-state index is 0.0592. The van der Waals surface area contributed by atoms with Crippen molar-refractivity contribution in [3.63, 3.8) is 0 Å². The molecule has 1 saturated carbocycles. The van der Waals surface area contributed by atoms with Gasteiger partial charge >= 0.3 is 5.71 Å². The summed E-state index contributed by atoms with van der Waals surface area (Å²) in [6, 6.07) is 0. The molecule has 7 nitrogen and oxygen atoms in total. The zero-order valence-corrected chi connectivity index (χ0v) is 23.1. The highest BCUT2D eigenvalue weighted by Gasteiger charge is 2.73. The van der Waals surface area contributed by atoms with Crippen LogP contribution in [0.3, 0.4) is 0 Å². The molecule has 0 spiro atoms. The van der Waals surface area contributed by atoms with Gasteiger partial charge in [-0.05, 0) is 57.8 Å². The molecule has 1 N–H and O–H groups in total. The third-order valence-corrected chi connectivity index (χ3v) is 10.7. The number of hydrogen-bond acceptors (Lipinski definition) is 5. The lowest BCUT2D eigenvalue weighted by Gasteiger charge is -2.59. The predicted octanol–water partition coefficient (Wildman–Crippen LogP) is 5.03. The van der Waals surface area contributed by atoms with Crippen LogP contribution in [0.1, 0.15) is 60.3 Å². The lowest BCUT2D eigenvalue weighted by Crippen LogP contribution is -2.74. The number of rotatable bonds is 2. The third kappa shape index (κ3) is 3.40. The van der Waals surface area contributed by atoms with E-state index in [9.17, 15) is 25.0 Å². The molecule has 0 bridgehead atoms. The van der Waals surface area contributed by atoms with Crippen molar-refractivity contribution in [2.75, 3.05) is 0 Å². The van der Waals surface area contributed by atoms with Gasteiger partial charge in [0.1, 0.15) is 16.2 Å². The fraction of sp³-hybridized carbons (Fsp3) is 0.615. The number of Topliss-reactive ketones (excluding diaryl/α,β-unsaturated/α-hetero) is 3. The van der Waals surface area contributed by atoms with Crippen molar-refractivity contribution in [3.05, 3.63) is 40.2 Å². The van der Waals surface area contributed by atoms with Crippen LogP contribution < -0.4 is 0 Å². The van der Waals surface area contributed by atoms with Crippen LogP contribution in [0.25, 0.3) is 5.53 Å². The summed E-state index contributed by atoms with van der Waals surface area (Å²) in [6.45, 7) is 12.8. The summed E-state index contributed by atoms with van der Waals surface area (Å²) >= 11 is 20.5. The van der Waals surface area contributed by atoms with Crippen molar-refractivity contribution in [2.45, 2.75) is 87.1 Å². The average Bonchev–Trinajstić information content (AvgIpc) is 2.79. The average molecular weight is 556 g/mol. The normalized spacial score (nSPS) is 38.1. The van der Waals surface area contributed by atoms with Crippen molar-refractivity contribution in [3.8, 4) is 0 Å². The molecule has 0 unspecified atom stereocenters. The molecule has 4 aliphatic rings. The molecule has 0 amide bonds. The number of halogens is 3. The molecule has 2 fully saturated rings. The SMILES string of the molecule is C=C1CC[C@H](Cl)C(C)(C)[C@@H]1C[C@@]12OC(C)(C)[C@H](Cl)C[C@]1(Cl)C(=O)C1=C(C2=O)C(=[N+]=[N-])C(=O)C(C)=C1O. The van der Waals surface area contributed by atoms with E-state index in [0.29, 0.717) is 12.8 Å². The van der Waals surface area contributed by atoms with E-state index in [-0.39, 0.29) is 29.7 Å². The molecule has 36 heavy (non-hydrogen) atoms. The smallest absolute Gasteiger partial charge is 0.374 e. The van der Waals surface area contributed by atoms with Crippen LogP contribution in [-0.2, 0) is 19.1 Å². The van der Waals surface area contributed by atoms with Crippen LogP contribution in [0.2, 0.25) is 0 Å². The van der Waals surface area contributed by atoms with Crippen molar-refractivity contribution in [1.29, 1.82) is 0 Å². The second-order valence-electron chi connectivity index (χ2n) is 11.4. The highest BCUT2D eigenvalue weighted by Crippen LogP contribution is 2.60. The summed E-state index contributed by atoms with van der Waals surface area (Å²) in [5, 5.41) is 9.82. The molecule has 4 rings (SSSR count). The number of hydrogen-bond donors (Lipinski definition) is 1. The Morgan fingerprint density at radius 2 is 1.72 bits per heavy atom. The van der Waals surface area contributed by atoms with Crippen LogP contribution >= 0.6 is 34.8 Å². The zero-order valence-electron chi connectivity index (χ0n) is 20.9. The molecule has 0 radical (unpaired) electrons. The molecule has 0 aromatic rings. The van der Waals surface area contributed by atoms with E-state index in [0.717, 1.165) is 5.57 Å². The first-order valence-corrected chi connectivity index (χ1v) is 13.1. The van der Waals surface area contributed by atoms with Gasteiger partial charge < -0.3 is 15.4 Å². The Morgan fingerprint density at radius 1 is 1.11 bits per heavy atom. The fourth-order valence-electron chi connectivity index (χ4n) is 6.11. The molecule has 5 atom stereocenters. The minimum Gasteiger partial charge on any atom is -0.507 e. The number of aliphatic hydroxyl groups is 1. The number of aliphatic hydroxyl groups excluding tert-OH is 1. The van der Waals surface area contributed by atoms with Crippen LogP contribution in [0.4, 0.5) is 0 Å². The second-order valence-corrected chi connectivity index (χ2v) is 13.1. The van der Waals surface area contributed by atoms with Crippen molar-refractivity contribution in [2.24, 2.45) is 11.3 Å². The summed E-state index contributed by atoms with van der Waals surface area (Å²) in [7, 11) is 0. The Hall–Kier alpha value is -1.76. The number of alkyl halides is 3. The number of ether oxygens (including phenoxy) is 1. The Balaban J connectivity index is 2.04. The van der Waals surface area contributed by atoms with Crippen LogP contribution in [0, 0.1) is 11.3 Å². The fourth-order valence-corrected chi connectivity index (χ4v) is 7.17. The van der Waals surface area contributed by atoms with Crippen molar-refractivity contribution in [1.82, 2.24) is 0 Å². The van der Waals surface area contributed by atoms with E-state index >= 15 is 0 Å². The number of carbonyl (C=O) groups is 3. The first-order valence-electron chi connectivity index (χ1n) is 11.8. The highest BCUT2D eigenvalue weighted by molar-refractivity contribution is 6.60. The summed E-state index contributed by atoms with van der Waals surface area (Å²) < 4.78 is 6.48. The number of carbonyl (C=O) groups excluding carboxylic acids is 3. The van der Waals surface area contributed by atoms with Gasteiger partial charge in [-0.1, -0.05) is 26.0 Å². The largest absolute Gasteiger partial charge is 0.507 e. The molecular formula is C26H29Cl3N2O5. The molecule has 10 heteroatoms. The maximum Gasteiger partial charge on any atom is 0.374 e. The van der Waals surface area contributed by atoms with Crippen molar-refractivity contribution >= 4 is 57.9 Å². The monoisotopic (exact) mass is 554 g/mol. The molecule has 3 aliphatic carbocycles.